The Labute approximate surface area is 97.5 Å². The Kier molecular flexibility index (Phi) is 4.77. The highest BCUT2D eigenvalue weighted by molar-refractivity contribution is 9.10. The van der Waals surface area contributed by atoms with Gasteiger partial charge in [0, 0.05) is 19.2 Å². The van der Waals surface area contributed by atoms with Crippen LogP contribution in [0.15, 0.2) is 10.7 Å². The Balaban J connectivity index is 2.88. The molecule has 1 heterocycles. The van der Waals surface area contributed by atoms with E-state index in [9.17, 15) is 0 Å². The molecule has 0 bridgehead atoms. The molecule has 0 saturated heterocycles. The molecule has 0 unspecified atom stereocenters. The molecule has 0 radical (unpaired) electrons. The molecule has 0 fully saturated rings. The first-order chi connectivity index (χ1) is 7.17. The molecule has 0 aliphatic rings. The average Bonchev–Trinajstić information content (AvgIpc) is 2.16. The van der Waals surface area contributed by atoms with Gasteiger partial charge in [-0.1, -0.05) is 6.92 Å². The van der Waals surface area contributed by atoms with Crippen molar-refractivity contribution < 1.29 is 5.11 Å². The number of nitrogens with zero attached hydrogens (tertiary/aromatic N) is 3. The normalized spacial score (nSPS) is 10.3. The molecule has 0 saturated carbocycles. The van der Waals surface area contributed by atoms with E-state index in [4.69, 9.17) is 10.8 Å². The van der Waals surface area contributed by atoms with Gasteiger partial charge < -0.3 is 15.7 Å². The standard InChI is InChI=1S/C9H15BrN4O/c1-2-3-14(4-5-15)9-12-7(10)6-8(11)13-9/h6,15H,2-5H2,1H3,(H2,11,12,13). The van der Waals surface area contributed by atoms with Gasteiger partial charge in [0.15, 0.2) is 0 Å². The number of nitrogen functional groups attached to an aromatic ring is 1. The van der Waals surface area contributed by atoms with E-state index in [1.807, 2.05) is 4.90 Å². The van der Waals surface area contributed by atoms with Crippen molar-refractivity contribution in [3.05, 3.63) is 10.7 Å². The van der Waals surface area contributed by atoms with Gasteiger partial charge in [-0.3, -0.25) is 0 Å². The lowest BCUT2D eigenvalue weighted by Gasteiger charge is -2.20. The van der Waals surface area contributed by atoms with E-state index >= 15 is 0 Å². The quantitative estimate of drug-likeness (QED) is 0.785. The maximum absolute atomic E-state index is 8.92. The van der Waals surface area contributed by atoms with E-state index in [1.165, 1.54) is 0 Å². The summed E-state index contributed by atoms with van der Waals surface area (Å²) in [5.41, 5.74) is 5.62. The molecule has 0 aromatic carbocycles. The van der Waals surface area contributed by atoms with Crippen LogP contribution in [0, 0.1) is 0 Å². The van der Waals surface area contributed by atoms with Crippen molar-refractivity contribution in [3.8, 4) is 0 Å². The topological polar surface area (TPSA) is 75.3 Å². The van der Waals surface area contributed by atoms with E-state index in [0.29, 0.717) is 22.9 Å². The molecule has 0 aliphatic carbocycles. The molecule has 0 amide bonds. The van der Waals surface area contributed by atoms with Crippen LogP contribution in [0.3, 0.4) is 0 Å². The van der Waals surface area contributed by atoms with Gasteiger partial charge in [0.25, 0.3) is 0 Å². The number of hydrogen-bond acceptors (Lipinski definition) is 5. The molecular weight excluding hydrogens is 260 g/mol. The number of anilines is 2. The summed E-state index contributed by atoms with van der Waals surface area (Å²) in [5, 5.41) is 8.92. The third kappa shape index (κ3) is 3.64. The minimum absolute atomic E-state index is 0.0791. The van der Waals surface area contributed by atoms with Crippen LogP contribution >= 0.6 is 15.9 Å². The number of hydrogen-bond donors (Lipinski definition) is 2. The van der Waals surface area contributed by atoms with Crippen molar-refractivity contribution in [2.24, 2.45) is 0 Å². The molecule has 1 rings (SSSR count). The summed E-state index contributed by atoms with van der Waals surface area (Å²) in [5.74, 6) is 0.976. The van der Waals surface area contributed by atoms with Crippen LogP contribution < -0.4 is 10.6 Å². The molecule has 0 spiro atoms. The van der Waals surface area contributed by atoms with Crippen LogP contribution in [0.4, 0.5) is 11.8 Å². The molecular formula is C9H15BrN4O. The molecule has 5 nitrogen and oxygen atoms in total. The highest BCUT2D eigenvalue weighted by Gasteiger charge is 2.09. The van der Waals surface area contributed by atoms with Crippen LogP contribution in [0.25, 0.3) is 0 Å². The Bertz CT molecular complexity index is 295. The number of rotatable bonds is 5. The van der Waals surface area contributed by atoms with Crippen LogP contribution in [-0.2, 0) is 0 Å². The number of aromatic nitrogens is 2. The fraction of sp³-hybridized carbons (Fsp3) is 0.556. The van der Waals surface area contributed by atoms with Crippen molar-refractivity contribution in [2.45, 2.75) is 13.3 Å². The van der Waals surface area contributed by atoms with E-state index < -0.39 is 0 Å². The number of aliphatic hydroxyl groups excluding tert-OH is 1. The maximum Gasteiger partial charge on any atom is 0.228 e. The van der Waals surface area contributed by atoms with Gasteiger partial charge >= 0.3 is 0 Å². The Morgan fingerprint density at radius 3 is 2.73 bits per heavy atom. The van der Waals surface area contributed by atoms with Crippen LogP contribution in [0.5, 0.6) is 0 Å². The lowest BCUT2D eigenvalue weighted by molar-refractivity contribution is 0.301. The van der Waals surface area contributed by atoms with Gasteiger partial charge in [-0.2, -0.15) is 4.98 Å². The summed E-state index contributed by atoms with van der Waals surface area (Å²) < 4.78 is 0.657. The van der Waals surface area contributed by atoms with E-state index in [0.717, 1.165) is 13.0 Å². The summed E-state index contributed by atoms with van der Waals surface area (Å²) in [6.45, 7) is 3.46. The lowest BCUT2D eigenvalue weighted by Crippen LogP contribution is -2.29. The zero-order chi connectivity index (χ0) is 11.3. The first-order valence-electron chi connectivity index (χ1n) is 4.83. The predicted octanol–water partition coefficient (Wildman–Crippen LogP) is 1.03. The fourth-order valence-corrected chi connectivity index (χ4v) is 1.66. The Hall–Kier alpha value is -0.880. The molecule has 1 aromatic rings. The number of nitrogens with two attached hydrogens (primary N) is 1. The number of aliphatic hydroxyl groups is 1. The van der Waals surface area contributed by atoms with Crippen LogP contribution in [-0.4, -0.2) is 34.8 Å². The van der Waals surface area contributed by atoms with Gasteiger partial charge in [-0.15, -0.1) is 0 Å². The smallest absolute Gasteiger partial charge is 0.228 e. The zero-order valence-electron chi connectivity index (χ0n) is 8.65. The minimum atomic E-state index is 0.0791. The van der Waals surface area contributed by atoms with Crippen molar-refractivity contribution in [1.82, 2.24) is 9.97 Å². The van der Waals surface area contributed by atoms with Gasteiger partial charge in [0.1, 0.15) is 10.4 Å². The third-order valence-corrected chi connectivity index (χ3v) is 2.26. The highest BCUT2D eigenvalue weighted by Crippen LogP contribution is 2.15. The second-order valence-electron chi connectivity index (χ2n) is 3.13. The summed E-state index contributed by atoms with van der Waals surface area (Å²) >= 11 is 3.26. The second-order valence-corrected chi connectivity index (χ2v) is 3.94. The average molecular weight is 275 g/mol. The van der Waals surface area contributed by atoms with Crippen LogP contribution in [0.1, 0.15) is 13.3 Å². The largest absolute Gasteiger partial charge is 0.395 e. The predicted molar refractivity (Wildman–Crippen MR) is 63.7 cm³/mol. The van der Waals surface area contributed by atoms with Gasteiger partial charge in [0.05, 0.1) is 6.61 Å². The van der Waals surface area contributed by atoms with Gasteiger partial charge in [0.2, 0.25) is 5.95 Å². The van der Waals surface area contributed by atoms with Gasteiger partial charge in [-0.25, -0.2) is 4.98 Å². The van der Waals surface area contributed by atoms with Crippen molar-refractivity contribution in [2.75, 3.05) is 30.3 Å². The summed E-state index contributed by atoms with van der Waals surface area (Å²) in [6.07, 6.45) is 0.968. The SMILES string of the molecule is CCCN(CCO)c1nc(N)cc(Br)n1. The monoisotopic (exact) mass is 274 g/mol. The van der Waals surface area contributed by atoms with E-state index in [2.05, 4.69) is 32.8 Å². The fourth-order valence-electron chi connectivity index (χ4n) is 1.27. The molecule has 1 aromatic heterocycles. The molecule has 15 heavy (non-hydrogen) atoms. The Morgan fingerprint density at radius 1 is 1.47 bits per heavy atom. The zero-order valence-corrected chi connectivity index (χ0v) is 10.2. The molecule has 84 valence electrons. The molecule has 0 aliphatic heterocycles. The van der Waals surface area contributed by atoms with Crippen molar-refractivity contribution in [3.63, 3.8) is 0 Å². The third-order valence-electron chi connectivity index (χ3n) is 1.85. The first kappa shape index (κ1) is 12.2. The second kappa shape index (κ2) is 5.87. The highest BCUT2D eigenvalue weighted by atomic mass is 79.9. The van der Waals surface area contributed by atoms with E-state index in [-0.39, 0.29) is 6.61 Å². The van der Waals surface area contributed by atoms with Gasteiger partial charge in [-0.05, 0) is 22.4 Å². The Morgan fingerprint density at radius 2 is 2.20 bits per heavy atom. The molecule has 6 heteroatoms. The summed E-state index contributed by atoms with van der Waals surface area (Å²) in [6, 6.07) is 1.65. The van der Waals surface area contributed by atoms with E-state index in [1.54, 1.807) is 6.07 Å². The first-order valence-corrected chi connectivity index (χ1v) is 5.62. The number of halogens is 1. The summed E-state index contributed by atoms with van der Waals surface area (Å²) in [7, 11) is 0. The minimum Gasteiger partial charge on any atom is -0.395 e. The molecule has 0 atom stereocenters. The van der Waals surface area contributed by atoms with Crippen LogP contribution in [0.2, 0.25) is 0 Å². The molecule has 3 N–H and O–H groups in total. The van der Waals surface area contributed by atoms with Crippen molar-refractivity contribution in [1.29, 1.82) is 0 Å². The summed E-state index contributed by atoms with van der Waals surface area (Å²) in [4.78, 5) is 10.2. The van der Waals surface area contributed by atoms with Crippen molar-refractivity contribution >= 4 is 27.7 Å². The lowest BCUT2D eigenvalue weighted by atomic mass is 10.4. The maximum atomic E-state index is 8.92.